The standard InChI is InChI=1S/C16H12ClF2N5/c17-15-13(23-6-2-1-3-7-23)9-14-20-21-16(24(14)22-15)11-5-4-10(18)8-12(11)19/h1-2,4-5,8-9H,3,6-7H2. The third-order valence-corrected chi connectivity index (χ3v) is 4.17. The van der Waals surface area contributed by atoms with Gasteiger partial charge in [-0.1, -0.05) is 23.8 Å². The molecule has 0 aliphatic carbocycles. The number of anilines is 1. The summed E-state index contributed by atoms with van der Waals surface area (Å²) in [5.74, 6) is -1.21. The molecule has 0 fully saturated rings. The largest absolute Gasteiger partial charge is 0.365 e. The van der Waals surface area contributed by atoms with Crippen molar-refractivity contribution in [3.8, 4) is 11.4 Å². The zero-order chi connectivity index (χ0) is 16.7. The molecule has 0 radical (unpaired) electrons. The van der Waals surface area contributed by atoms with Gasteiger partial charge in [0.2, 0.25) is 0 Å². The first-order valence-corrected chi connectivity index (χ1v) is 7.78. The molecule has 0 unspecified atom stereocenters. The monoisotopic (exact) mass is 347 g/mol. The van der Waals surface area contributed by atoms with E-state index in [1.807, 2.05) is 0 Å². The maximum atomic E-state index is 14.0. The molecule has 5 nitrogen and oxygen atoms in total. The van der Waals surface area contributed by atoms with Crippen LogP contribution < -0.4 is 4.90 Å². The SMILES string of the molecule is Fc1ccc(-c2nnc3cc(N4CC=CCC4)c(Cl)nn23)c(F)c1. The lowest BCUT2D eigenvalue weighted by molar-refractivity contribution is 0.584. The second-order valence-electron chi connectivity index (χ2n) is 5.44. The van der Waals surface area contributed by atoms with Crippen molar-refractivity contribution in [3.63, 3.8) is 0 Å². The summed E-state index contributed by atoms with van der Waals surface area (Å²) in [4.78, 5) is 2.09. The van der Waals surface area contributed by atoms with Gasteiger partial charge in [-0.3, -0.25) is 0 Å². The number of hydrogen-bond acceptors (Lipinski definition) is 4. The number of benzene rings is 1. The minimum atomic E-state index is -0.729. The highest BCUT2D eigenvalue weighted by Crippen LogP contribution is 2.29. The van der Waals surface area contributed by atoms with Crippen LogP contribution in [0.3, 0.4) is 0 Å². The number of aromatic nitrogens is 4. The summed E-state index contributed by atoms with van der Waals surface area (Å²) in [7, 11) is 0. The van der Waals surface area contributed by atoms with Crippen LogP contribution in [0.25, 0.3) is 17.0 Å². The molecule has 0 amide bonds. The molecule has 8 heteroatoms. The van der Waals surface area contributed by atoms with Crippen LogP contribution in [0.15, 0.2) is 36.4 Å². The van der Waals surface area contributed by atoms with Crippen LogP contribution in [-0.2, 0) is 0 Å². The van der Waals surface area contributed by atoms with Gasteiger partial charge in [-0.15, -0.1) is 10.2 Å². The van der Waals surface area contributed by atoms with Crippen LogP contribution >= 0.6 is 11.6 Å². The van der Waals surface area contributed by atoms with Crippen molar-refractivity contribution in [2.75, 3.05) is 18.0 Å². The molecule has 0 bridgehead atoms. The van der Waals surface area contributed by atoms with Gasteiger partial charge in [0.15, 0.2) is 16.6 Å². The minimum Gasteiger partial charge on any atom is -0.365 e. The van der Waals surface area contributed by atoms with E-state index in [1.54, 1.807) is 6.07 Å². The molecule has 0 saturated heterocycles. The van der Waals surface area contributed by atoms with Crippen LogP contribution in [-0.4, -0.2) is 32.9 Å². The third-order valence-electron chi connectivity index (χ3n) is 3.90. The van der Waals surface area contributed by atoms with Crippen LogP contribution in [0, 0.1) is 11.6 Å². The van der Waals surface area contributed by atoms with E-state index in [2.05, 4.69) is 32.3 Å². The van der Waals surface area contributed by atoms with Gasteiger partial charge in [0, 0.05) is 25.2 Å². The Balaban J connectivity index is 1.82. The van der Waals surface area contributed by atoms with Gasteiger partial charge in [0.05, 0.1) is 11.3 Å². The Morgan fingerprint density at radius 1 is 1.08 bits per heavy atom. The summed E-state index contributed by atoms with van der Waals surface area (Å²) < 4.78 is 28.5. The maximum Gasteiger partial charge on any atom is 0.188 e. The first-order valence-electron chi connectivity index (χ1n) is 7.41. The van der Waals surface area contributed by atoms with Crippen LogP contribution in [0.5, 0.6) is 0 Å². The fourth-order valence-electron chi connectivity index (χ4n) is 2.72. The van der Waals surface area contributed by atoms with E-state index in [-0.39, 0.29) is 16.5 Å². The Bertz CT molecular complexity index is 953. The lowest BCUT2D eigenvalue weighted by atomic mass is 10.2. The Hall–Kier alpha value is -2.54. The smallest absolute Gasteiger partial charge is 0.188 e. The summed E-state index contributed by atoms with van der Waals surface area (Å²) in [6, 6.07) is 5.04. The molecule has 1 aromatic carbocycles. The first-order chi connectivity index (χ1) is 11.6. The summed E-state index contributed by atoms with van der Waals surface area (Å²) >= 11 is 6.31. The molecule has 0 spiro atoms. The lowest BCUT2D eigenvalue weighted by Gasteiger charge is -2.25. The molecule has 3 heterocycles. The molecular weight excluding hydrogens is 336 g/mol. The van der Waals surface area contributed by atoms with E-state index in [4.69, 9.17) is 11.6 Å². The summed E-state index contributed by atoms with van der Waals surface area (Å²) in [5.41, 5.74) is 1.32. The van der Waals surface area contributed by atoms with E-state index >= 15 is 0 Å². The highest BCUT2D eigenvalue weighted by atomic mass is 35.5. The van der Waals surface area contributed by atoms with Crippen LogP contribution in [0.4, 0.5) is 14.5 Å². The fourth-order valence-corrected chi connectivity index (χ4v) is 2.97. The van der Waals surface area contributed by atoms with E-state index in [0.717, 1.165) is 37.3 Å². The Kier molecular flexibility index (Phi) is 3.65. The zero-order valence-electron chi connectivity index (χ0n) is 12.5. The molecule has 2 aromatic heterocycles. The summed E-state index contributed by atoms with van der Waals surface area (Å²) in [6.07, 6.45) is 5.11. The number of fused-ring (bicyclic) bond motifs is 1. The highest BCUT2D eigenvalue weighted by Gasteiger charge is 2.19. The maximum absolute atomic E-state index is 14.0. The molecule has 122 valence electrons. The summed E-state index contributed by atoms with van der Waals surface area (Å²) in [6.45, 7) is 1.58. The van der Waals surface area contributed by atoms with Crippen LogP contribution in [0.1, 0.15) is 6.42 Å². The Labute approximate surface area is 141 Å². The predicted octanol–water partition coefficient (Wildman–Crippen LogP) is 3.49. The average molecular weight is 348 g/mol. The second kappa shape index (κ2) is 5.83. The number of hydrogen-bond donors (Lipinski definition) is 0. The molecule has 4 rings (SSSR count). The van der Waals surface area contributed by atoms with Gasteiger partial charge in [-0.25, -0.2) is 8.78 Å². The van der Waals surface area contributed by atoms with Gasteiger partial charge in [0.1, 0.15) is 11.6 Å². The minimum absolute atomic E-state index is 0.112. The van der Waals surface area contributed by atoms with E-state index in [0.29, 0.717) is 5.65 Å². The molecule has 24 heavy (non-hydrogen) atoms. The Morgan fingerprint density at radius 3 is 2.71 bits per heavy atom. The van der Waals surface area contributed by atoms with Crippen molar-refractivity contribution in [1.29, 1.82) is 0 Å². The molecule has 3 aromatic rings. The topological polar surface area (TPSA) is 46.3 Å². The average Bonchev–Trinajstić information content (AvgIpc) is 2.97. The zero-order valence-corrected chi connectivity index (χ0v) is 13.2. The third kappa shape index (κ3) is 2.50. The van der Waals surface area contributed by atoms with Gasteiger partial charge in [0.25, 0.3) is 0 Å². The molecule has 0 atom stereocenters. The quantitative estimate of drug-likeness (QED) is 0.666. The number of nitrogens with zero attached hydrogens (tertiary/aromatic N) is 5. The van der Waals surface area contributed by atoms with Crippen molar-refractivity contribution in [1.82, 2.24) is 19.8 Å². The molecule has 0 N–H and O–H groups in total. The van der Waals surface area contributed by atoms with E-state index < -0.39 is 11.6 Å². The predicted molar refractivity (Wildman–Crippen MR) is 87.1 cm³/mol. The number of rotatable bonds is 2. The highest BCUT2D eigenvalue weighted by molar-refractivity contribution is 6.32. The first kappa shape index (κ1) is 15.0. The van der Waals surface area contributed by atoms with Crippen molar-refractivity contribution < 1.29 is 8.78 Å². The molecule has 0 saturated carbocycles. The lowest BCUT2D eigenvalue weighted by Crippen LogP contribution is -2.27. The Morgan fingerprint density at radius 2 is 1.96 bits per heavy atom. The normalized spacial score (nSPS) is 14.5. The molecular formula is C16H12ClF2N5. The van der Waals surface area contributed by atoms with Gasteiger partial charge in [-0.2, -0.15) is 9.61 Å². The molecule has 1 aliphatic heterocycles. The van der Waals surface area contributed by atoms with E-state index in [1.165, 1.54) is 10.6 Å². The van der Waals surface area contributed by atoms with Crippen molar-refractivity contribution in [2.45, 2.75) is 6.42 Å². The molecule has 1 aliphatic rings. The van der Waals surface area contributed by atoms with E-state index in [9.17, 15) is 8.78 Å². The van der Waals surface area contributed by atoms with Gasteiger partial charge >= 0.3 is 0 Å². The summed E-state index contributed by atoms with van der Waals surface area (Å²) in [5, 5.41) is 12.6. The van der Waals surface area contributed by atoms with Crippen molar-refractivity contribution in [3.05, 3.63) is 53.2 Å². The second-order valence-corrected chi connectivity index (χ2v) is 5.80. The van der Waals surface area contributed by atoms with Crippen molar-refractivity contribution in [2.24, 2.45) is 0 Å². The van der Waals surface area contributed by atoms with Crippen molar-refractivity contribution >= 4 is 22.9 Å². The van der Waals surface area contributed by atoms with Crippen LogP contribution in [0.2, 0.25) is 5.15 Å². The van der Waals surface area contributed by atoms with Gasteiger partial charge in [-0.05, 0) is 18.6 Å². The number of halogens is 3. The van der Waals surface area contributed by atoms with Gasteiger partial charge < -0.3 is 4.90 Å². The fraction of sp³-hybridized carbons (Fsp3) is 0.188.